The Balaban J connectivity index is 1.60. The lowest BCUT2D eigenvalue weighted by Gasteiger charge is -2.42. The molecule has 1 aromatic heterocycles. The summed E-state index contributed by atoms with van der Waals surface area (Å²) in [5, 5.41) is 0. The van der Waals surface area contributed by atoms with Gasteiger partial charge in [-0.2, -0.15) is 0 Å². The van der Waals surface area contributed by atoms with E-state index in [4.69, 9.17) is 15.0 Å². The summed E-state index contributed by atoms with van der Waals surface area (Å²) in [6.07, 6.45) is 9.82. The highest BCUT2D eigenvalue weighted by Crippen LogP contribution is 2.73. The molecule has 0 radical (unpaired) electrons. The summed E-state index contributed by atoms with van der Waals surface area (Å²) in [4.78, 5) is 20.2. The maximum Gasteiger partial charge on any atom is 0.164 e. The van der Waals surface area contributed by atoms with Crippen LogP contribution < -0.4 is 0 Å². The number of allylic oxidation sites excluding steroid dienone is 5. The van der Waals surface area contributed by atoms with Gasteiger partial charge < -0.3 is 0 Å². The Labute approximate surface area is 274 Å². The Morgan fingerprint density at radius 3 is 1.57 bits per heavy atom. The molecule has 0 fully saturated rings. The van der Waals surface area contributed by atoms with Crippen LogP contribution in [0.1, 0.15) is 25.6 Å². The summed E-state index contributed by atoms with van der Waals surface area (Å²) in [5.41, 5.74) is 2.89. The first kappa shape index (κ1) is 30.7. The van der Waals surface area contributed by atoms with Crippen LogP contribution in [0.4, 0.5) is 0 Å². The Morgan fingerprint density at radius 2 is 1.04 bits per heavy atom. The van der Waals surface area contributed by atoms with Gasteiger partial charge in [0.25, 0.3) is 0 Å². The molecule has 0 unspecified atom stereocenters. The molecule has 226 valence electrons. The number of hydrogen-bond acceptors (Lipinski definition) is 3. The van der Waals surface area contributed by atoms with E-state index < -0.39 is 10.0 Å². The van der Waals surface area contributed by atoms with Crippen molar-refractivity contribution in [2.75, 3.05) is 0 Å². The third kappa shape index (κ3) is 6.39. The zero-order valence-corrected chi connectivity index (χ0v) is 26.9. The van der Waals surface area contributed by atoms with E-state index in [1.807, 2.05) is 36.4 Å². The predicted octanol–water partition coefficient (Wildman–Crippen LogP) is 11.5. The van der Waals surface area contributed by atoms with Gasteiger partial charge in [-0.15, -0.1) is 10.0 Å². The minimum atomic E-state index is -1.86. The number of rotatable bonds is 11. The zero-order chi connectivity index (χ0) is 31.6. The van der Waals surface area contributed by atoms with E-state index in [0.717, 1.165) is 23.1 Å². The second-order valence-corrected chi connectivity index (χ2v) is 13.9. The second kappa shape index (κ2) is 14.6. The van der Waals surface area contributed by atoms with Gasteiger partial charge in [-0.1, -0.05) is 135 Å². The Morgan fingerprint density at radius 1 is 0.565 bits per heavy atom. The third-order valence-corrected chi connectivity index (χ3v) is 11.6. The molecular weight excluding hydrogens is 579 g/mol. The summed E-state index contributed by atoms with van der Waals surface area (Å²) in [7, 11) is -1.86. The molecule has 0 atom stereocenters. The molecule has 1 heterocycles. The summed E-state index contributed by atoms with van der Waals surface area (Å²) >= 11 is 0. The van der Waals surface area contributed by atoms with Gasteiger partial charge in [0.15, 0.2) is 17.5 Å². The topological polar surface area (TPSA) is 38.7 Å². The van der Waals surface area contributed by atoms with Crippen molar-refractivity contribution in [3.8, 4) is 22.8 Å². The number of hydrogen-bond donors (Lipinski definition) is 0. The summed E-state index contributed by atoms with van der Waals surface area (Å²) in [5.74, 6) is 1.94. The van der Waals surface area contributed by atoms with Crippen LogP contribution in [0.15, 0.2) is 196 Å². The number of aromatic nitrogens is 3. The molecule has 0 aliphatic rings. The molecule has 0 saturated carbocycles. The van der Waals surface area contributed by atoms with Gasteiger partial charge in [-0.05, 0) is 61.4 Å². The van der Waals surface area contributed by atoms with Crippen LogP contribution in [0.2, 0.25) is 0 Å². The fourth-order valence-electron chi connectivity index (χ4n) is 5.63. The molecule has 0 bridgehead atoms. The average Bonchev–Trinajstić information content (AvgIpc) is 3.13. The van der Waals surface area contributed by atoms with Gasteiger partial charge in [0.2, 0.25) is 0 Å². The van der Waals surface area contributed by atoms with Crippen molar-refractivity contribution in [1.82, 2.24) is 15.0 Å². The van der Waals surface area contributed by atoms with Gasteiger partial charge >= 0.3 is 0 Å². The predicted molar refractivity (Wildman–Crippen MR) is 193 cm³/mol. The quantitative estimate of drug-likeness (QED) is 0.107. The van der Waals surface area contributed by atoms with E-state index in [1.54, 1.807) is 6.08 Å². The highest BCUT2D eigenvalue weighted by molar-refractivity contribution is 8.34. The van der Waals surface area contributed by atoms with Crippen LogP contribution in [-0.2, 0) is 0 Å². The summed E-state index contributed by atoms with van der Waals surface area (Å²) < 4.78 is 0. The van der Waals surface area contributed by atoms with Crippen molar-refractivity contribution < 1.29 is 0 Å². The fourth-order valence-corrected chi connectivity index (χ4v) is 9.55. The van der Waals surface area contributed by atoms with Crippen LogP contribution in [0, 0.1) is 0 Å². The largest absolute Gasteiger partial charge is 0.209 e. The van der Waals surface area contributed by atoms with E-state index in [1.165, 1.54) is 19.6 Å². The monoisotopic (exact) mass is 615 g/mol. The minimum Gasteiger partial charge on any atom is -0.209 e. The Kier molecular flexibility index (Phi) is 9.77. The van der Waals surface area contributed by atoms with Crippen LogP contribution in [0.5, 0.6) is 0 Å². The normalized spacial score (nSPS) is 12.2. The molecule has 0 saturated heterocycles. The van der Waals surface area contributed by atoms with Crippen molar-refractivity contribution in [3.63, 3.8) is 0 Å². The Bertz CT molecular complexity index is 1850. The van der Waals surface area contributed by atoms with E-state index in [0.29, 0.717) is 23.9 Å². The molecule has 0 aliphatic carbocycles. The van der Waals surface area contributed by atoms with E-state index >= 15 is 0 Å². The lowest BCUT2D eigenvalue weighted by Crippen LogP contribution is -2.06. The Hall–Kier alpha value is -5.32. The van der Waals surface area contributed by atoms with Gasteiger partial charge in [-0.25, -0.2) is 15.0 Å². The van der Waals surface area contributed by atoms with Crippen LogP contribution in [0.25, 0.3) is 28.3 Å². The number of nitrogens with zero attached hydrogens (tertiary/aromatic N) is 3. The summed E-state index contributed by atoms with van der Waals surface area (Å²) in [6, 6.07) is 51.5. The van der Waals surface area contributed by atoms with Gasteiger partial charge in [0, 0.05) is 36.3 Å². The van der Waals surface area contributed by atoms with E-state index in [2.05, 4.69) is 141 Å². The maximum atomic E-state index is 5.11. The van der Waals surface area contributed by atoms with Crippen molar-refractivity contribution in [3.05, 3.63) is 182 Å². The maximum absolute atomic E-state index is 5.11. The molecule has 0 N–H and O–H groups in total. The first-order valence-electron chi connectivity index (χ1n) is 15.6. The van der Waals surface area contributed by atoms with E-state index in [9.17, 15) is 0 Å². The third-order valence-electron chi connectivity index (χ3n) is 7.75. The lowest BCUT2D eigenvalue weighted by molar-refractivity contribution is 1.02. The van der Waals surface area contributed by atoms with Crippen LogP contribution >= 0.6 is 10.0 Å². The second-order valence-electron chi connectivity index (χ2n) is 10.8. The zero-order valence-electron chi connectivity index (χ0n) is 26.0. The highest BCUT2D eigenvalue weighted by Gasteiger charge is 2.33. The molecule has 5 aromatic carbocycles. The molecule has 6 rings (SSSR count). The summed E-state index contributed by atoms with van der Waals surface area (Å²) in [6.45, 7) is 6.11. The minimum absolute atomic E-state index is 0.641. The molecule has 6 aromatic rings. The van der Waals surface area contributed by atoms with E-state index in [-0.39, 0.29) is 0 Å². The molecule has 3 nitrogen and oxygen atoms in total. The average molecular weight is 616 g/mol. The van der Waals surface area contributed by atoms with Crippen molar-refractivity contribution in [2.45, 2.75) is 39.3 Å². The van der Waals surface area contributed by atoms with Crippen molar-refractivity contribution in [1.29, 1.82) is 0 Å². The first-order valence-corrected chi connectivity index (χ1v) is 17.2. The first-order chi connectivity index (χ1) is 22.7. The molecule has 46 heavy (non-hydrogen) atoms. The smallest absolute Gasteiger partial charge is 0.164 e. The fraction of sp³-hybridized carbons (Fsp3) is 0.0714. The molecule has 0 aliphatic heterocycles. The van der Waals surface area contributed by atoms with Gasteiger partial charge in [0.05, 0.1) is 0 Å². The molecule has 4 heteroatoms. The SMILES string of the molecule is C=C/C=C(\C/C=C\CC)c1nc(-c2ccccc2)nc(-c2cccc(S(c3ccccc3)(c3ccccc3)c3ccccc3)c2)n1. The van der Waals surface area contributed by atoms with Gasteiger partial charge in [0.1, 0.15) is 0 Å². The number of benzene rings is 5. The highest BCUT2D eigenvalue weighted by atomic mass is 32.3. The lowest BCUT2D eigenvalue weighted by atomic mass is 10.1. The van der Waals surface area contributed by atoms with Crippen LogP contribution in [0.3, 0.4) is 0 Å². The van der Waals surface area contributed by atoms with Crippen molar-refractivity contribution in [2.24, 2.45) is 0 Å². The molecule has 0 amide bonds. The molecular formula is C42H37N3S. The van der Waals surface area contributed by atoms with Crippen LogP contribution in [-0.4, -0.2) is 15.0 Å². The van der Waals surface area contributed by atoms with Gasteiger partial charge in [-0.3, -0.25) is 0 Å². The van der Waals surface area contributed by atoms with Crippen molar-refractivity contribution >= 4 is 15.6 Å². The molecule has 0 spiro atoms. The standard InChI is InChI=1S/C42H37N3S/c1-3-5-10-21-33(20-4-2)40-43-41(34-22-11-6-12-23-34)45-42(44-40)35-24-19-31-39(32-35)46(36-25-13-7-14-26-36,37-27-15-8-16-28-37)38-29-17-9-18-30-38/h4-20,22-32H,2-3,21H2,1H3/b10-5-,33-20+.